The van der Waals surface area contributed by atoms with Gasteiger partial charge in [0.15, 0.2) is 0 Å². The fourth-order valence-corrected chi connectivity index (χ4v) is 3.27. The van der Waals surface area contributed by atoms with Crippen molar-refractivity contribution in [2.24, 2.45) is 0 Å². The zero-order chi connectivity index (χ0) is 17.4. The first kappa shape index (κ1) is 15.5. The van der Waals surface area contributed by atoms with Crippen LogP contribution in [-0.4, -0.2) is 5.91 Å². The highest BCUT2D eigenvalue weighted by atomic mass is 16.5. The Bertz CT molecular complexity index is 916. The molecule has 4 rings (SSSR count). The lowest BCUT2D eigenvalue weighted by atomic mass is 9.87. The van der Waals surface area contributed by atoms with Gasteiger partial charge in [0.2, 0.25) is 5.91 Å². The summed E-state index contributed by atoms with van der Waals surface area (Å²) in [6.07, 6.45) is 0. The zero-order valence-corrected chi connectivity index (χ0v) is 14.2. The molecule has 0 atom stereocenters. The van der Waals surface area contributed by atoms with Gasteiger partial charge in [-0.2, -0.15) is 0 Å². The van der Waals surface area contributed by atoms with Crippen LogP contribution in [0.4, 0.5) is 5.69 Å². The Labute approximate surface area is 147 Å². The molecule has 0 radical (unpaired) electrons. The number of amides is 1. The molecule has 1 N–H and O–H groups in total. The van der Waals surface area contributed by atoms with E-state index in [-0.39, 0.29) is 11.8 Å². The molecule has 25 heavy (non-hydrogen) atoms. The minimum atomic E-state index is -0.388. The van der Waals surface area contributed by atoms with Crippen molar-refractivity contribution in [3.63, 3.8) is 0 Å². The number of carbonyl (C=O) groups excluding carboxylic acids is 1. The highest BCUT2D eigenvalue weighted by Crippen LogP contribution is 2.44. The normalized spacial score (nSPS) is 12.7. The Hall–Kier alpha value is -3.07. The predicted molar refractivity (Wildman–Crippen MR) is 99.3 cm³/mol. The summed E-state index contributed by atoms with van der Waals surface area (Å²) in [5, 5.41) is 3.11. The van der Waals surface area contributed by atoms with Gasteiger partial charge in [0.1, 0.15) is 11.5 Å². The molecule has 0 spiro atoms. The number of benzene rings is 3. The average Bonchev–Trinajstić information content (AvgIpc) is 2.62. The van der Waals surface area contributed by atoms with Gasteiger partial charge in [-0.3, -0.25) is 4.79 Å². The van der Waals surface area contributed by atoms with Crippen molar-refractivity contribution in [1.29, 1.82) is 0 Å². The van der Waals surface area contributed by atoms with Crippen LogP contribution in [0.5, 0.6) is 11.5 Å². The van der Waals surface area contributed by atoms with Crippen LogP contribution in [0.3, 0.4) is 0 Å². The van der Waals surface area contributed by atoms with E-state index in [1.54, 1.807) is 0 Å². The molecule has 1 aliphatic heterocycles. The maximum atomic E-state index is 13.2. The first-order chi connectivity index (χ1) is 12.1. The molecule has 0 bridgehead atoms. The second-order valence-corrected chi connectivity index (χ2v) is 6.42. The van der Waals surface area contributed by atoms with Crippen LogP contribution in [0.2, 0.25) is 0 Å². The smallest absolute Gasteiger partial charge is 0.236 e. The molecule has 3 aromatic rings. The van der Waals surface area contributed by atoms with Crippen LogP contribution in [0.25, 0.3) is 0 Å². The highest BCUT2D eigenvalue weighted by Gasteiger charge is 2.32. The van der Waals surface area contributed by atoms with Gasteiger partial charge < -0.3 is 10.1 Å². The standard InChI is InChI=1S/C22H19NO2/c1-14-11-12-15(2)18(13-14)23-22(24)21-16-7-3-5-9-19(16)25-20-10-6-4-8-17(20)21/h3-13,21H,1-2H3,(H,23,24). The van der Waals surface area contributed by atoms with Crippen LogP contribution >= 0.6 is 0 Å². The molecule has 3 aromatic carbocycles. The fraction of sp³-hybridized carbons (Fsp3) is 0.136. The minimum absolute atomic E-state index is 0.0445. The Morgan fingerprint density at radius 1 is 0.880 bits per heavy atom. The second-order valence-electron chi connectivity index (χ2n) is 6.42. The highest BCUT2D eigenvalue weighted by molar-refractivity contribution is 6.00. The quantitative estimate of drug-likeness (QED) is 0.703. The number of para-hydroxylation sites is 2. The summed E-state index contributed by atoms with van der Waals surface area (Å²) >= 11 is 0. The molecule has 1 heterocycles. The van der Waals surface area contributed by atoms with Crippen molar-refractivity contribution < 1.29 is 9.53 Å². The number of ether oxygens (including phenoxy) is 1. The van der Waals surface area contributed by atoms with Crippen molar-refractivity contribution in [2.75, 3.05) is 5.32 Å². The van der Waals surface area contributed by atoms with E-state index in [2.05, 4.69) is 5.32 Å². The van der Waals surface area contributed by atoms with E-state index in [9.17, 15) is 4.79 Å². The van der Waals surface area contributed by atoms with Gasteiger partial charge in [0.05, 0.1) is 5.92 Å². The number of nitrogens with one attached hydrogen (secondary N) is 1. The summed E-state index contributed by atoms with van der Waals surface area (Å²) in [5.41, 5.74) is 4.81. The number of rotatable bonds is 2. The van der Waals surface area contributed by atoms with E-state index in [1.165, 1.54) is 0 Å². The Morgan fingerprint density at radius 2 is 1.48 bits per heavy atom. The SMILES string of the molecule is Cc1ccc(C)c(NC(=O)C2c3ccccc3Oc3ccccc32)c1. The van der Waals surface area contributed by atoms with Crippen LogP contribution in [0.1, 0.15) is 28.2 Å². The predicted octanol–water partition coefficient (Wildman–Crippen LogP) is 5.18. The Morgan fingerprint density at radius 3 is 2.12 bits per heavy atom. The molecule has 0 aromatic heterocycles. The van der Waals surface area contributed by atoms with Gasteiger partial charge in [-0.1, -0.05) is 48.5 Å². The summed E-state index contributed by atoms with van der Waals surface area (Å²) in [5.74, 6) is 1.04. The topological polar surface area (TPSA) is 38.3 Å². The third-order valence-corrected chi connectivity index (χ3v) is 4.59. The van der Waals surface area contributed by atoms with Gasteiger partial charge in [0, 0.05) is 16.8 Å². The Balaban J connectivity index is 1.76. The molecule has 0 saturated heterocycles. The van der Waals surface area contributed by atoms with Crippen molar-refractivity contribution in [2.45, 2.75) is 19.8 Å². The molecule has 0 saturated carbocycles. The van der Waals surface area contributed by atoms with E-state index in [4.69, 9.17) is 4.74 Å². The summed E-state index contributed by atoms with van der Waals surface area (Å²) in [4.78, 5) is 13.2. The molecule has 1 amide bonds. The molecule has 0 unspecified atom stereocenters. The molecule has 3 nitrogen and oxygen atoms in total. The fourth-order valence-electron chi connectivity index (χ4n) is 3.27. The van der Waals surface area contributed by atoms with E-state index in [0.29, 0.717) is 0 Å². The van der Waals surface area contributed by atoms with Gasteiger partial charge in [-0.15, -0.1) is 0 Å². The van der Waals surface area contributed by atoms with Gasteiger partial charge in [-0.25, -0.2) is 0 Å². The van der Waals surface area contributed by atoms with Crippen molar-refractivity contribution in [3.8, 4) is 11.5 Å². The molecular formula is C22H19NO2. The third kappa shape index (κ3) is 2.78. The maximum absolute atomic E-state index is 13.2. The number of aryl methyl sites for hydroxylation is 2. The zero-order valence-electron chi connectivity index (χ0n) is 14.2. The van der Waals surface area contributed by atoms with Crippen molar-refractivity contribution >= 4 is 11.6 Å². The van der Waals surface area contributed by atoms with Crippen molar-refractivity contribution in [1.82, 2.24) is 0 Å². The van der Waals surface area contributed by atoms with Crippen LogP contribution < -0.4 is 10.1 Å². The lowest BCUT2D eigenvalue weighted by Crippen LogP contribution is -2.25. The summed E-state index contributed by atoms with van der Waals surface area (Å²) < 4.78 is 5.97. The summed E-state index contributed by atoms with van der Waals surface area (Å²) in [6.45, 7) is 4.02. The van der Waals surface area contributed by atoms with Crippen LogP contribution in [0, 0.1) is 13.8 Å². The number of hydrogen-bond acceptors (Lipinski definition) is 2. The number of anilines is 1. The summed E-state index contributed by atoms with van der Waals surface area (Å²) in [6, 6.07) is 21.5. The molecule has 3 heteroatoms. The number of hydrogen-bond donors (Lipinski definition) is 1. The van der Waals surface area contributed by atoms with Gasteiger partial charge in [-0.05, 0) is 43.2 Å². The first-order valence-corrected chi connectivity index (χ1v) is 8.37. The van der Waals surface area contributed by atoms with E-state index >= 15 is 0 Å². The summed E-state index contributed by atoms with van der Waals surface area (Å²) in [7, 11) is 0. The Kier molecular flexibility index (Phi) is 3.77. The van der Waals surface area contributed by atoms with Gasteiger partial charge >= 0.3 is 0 Å². The van der Waals surface area contributed by atoms with Gasteiger partial charge in [0.25, 0.3) is 0 Å². The lowest BCUT2D eigenvalue weighted by Gasteiger charge is -2.27. The largest absolute Gasteiger partial charge is 0.457 e. The lowest BCUT2D eigenvalue weighted by molar-refractivity contribution is -0.116. The van der Waals surface area contributed by atoms with E-state index in [0.717, 1.165) is 39.4 Å². The third-order valence-electron chi connectivity index (χ3n) is 4.59. The van der Waals surface area contributed by atoms with Crippen LogP contribution in [0.15, 0.2) is 66.7 Å². The average molecular weight is 329 g/mol. The van der Waals surface area contributed by atoms with Crippen molar-refractivity contribution in [3.05, 3.63) is 89.0 Å². The van der Waals surface area contributed by atoms with E-state index < -0.39 is 0 Å². The number of fused-ring (bicyclic) bond motifs is 2. The molecule has 1 aliphatic rings. The minimum Gasteiger partial charge on any atom is -0.457 e. The molecule has 0 fully saturated rings. The molecule has 0 aliphatic carbocycles. The molecule has 124 valence electrons. The van der Waals surface area contributed by atoms with Crippen LogP contribution in [-0.2, 0) is 4.79 Å². The molecular weight excluding hydrogens is 310 g/mol. The second kappa shape index (κ2) is 6.10. The number of carbonyl (C=O) groups is 1. The van der Waals surface area contributed by atoms with E-state index in [1.807, 2.05) is 80.6 Å². The first-order valence-electron chi connectivity index (χ1n) is 8.37. The maximum Gasteiger partial charge on any atom is 0.236 e. The monoisotopic (exact) mass is 329 g/mol.